The van der Waals surface area contributed by atoms with E-state index in [1.54, 1.807) is 42.5 Å². The number of carbonyl (C=O) groups excluding carboxylic acids is 3. The standard InChI is InChI=1S/C27H22FNO5S/c1-33-26-15-17(9-12-25(26)34-14-4-13-30)23(31)10-11-24(32)22-8-3-7-21(29-22)19-16-35-27-18(19)5-2-6-20(27)28/h2-3,5-9,12-13,15-16H,4,10-11,14H2,1H3. The highest BCUT2D eigenvalue weighted by Crippen LogP contribution is 2.34. The van der Waals surface area contributed by atoms with Crippen LogP contribution in [0.3, 0.4) is 0 Å². The van der Waals surface area contributed by atoms with Crippen LogP contribution in [0, 0.1) is 5.82 Å². The lowest BCUT2D eigenvalue weighted by molar-refractivity contribution is -0.108. The fourth-order valence-electron chi connectivity index (χ4n) is 3.64. The number of methoxy groups -OCH3 is 1. The van der Waals surface area contributed by atoms with Crippen LogP contribution in [0.2, 0.25) is 0 Å². The third-order valence-corrected chi connectivity index (χ3v) is 6.42. The summed E-state index contributed by atoms with van der Waals surface area (Å²) in [5, 5.41) is 2.57. The number of hydrogen-bond donors (Lipinski definition) is 0. The highest BCUT2D eigenvalue weighted by molar-refractivity contribution is 7.17. The zero-order chi connectivity index (χ0) is 24.8. The van der Waals surface area contributed by atoms with E-state index in [1.807, 2.05) is 11.4 Å². The zero-order valence-corrected chi connectivity index (χ0v) is 19.8. The van der Waals surface area contributed by atoms with Crippen molar-refractivity contribution < 1.29 is 28.2 Å². The fraction of sp³-hybridized carbons (Fsp3) is 0.185. The Morgan fingerprint density at radius 3 is 2.63 bits per heavy atom. The van der Waals surface area contributed by atoms with Crippen LogP contribution in [-0.2, 0) is 4.79 Å². The second-order valence-electron chi connectivity index (χ2n) is 7.69. The molecular formula is C27H22FNO5S. The van der Waals surface area contributed by atoms with Crippen molar-refractivity contribution in [2.45, 2.75) is 19.3 Å². The van der Waals surface area contributed by atoms with Crippen molar-refractivity contribution in [1.82, 2.24) is 4.98 Å². The van der Waals surface area contributed by atoms with E-state index >= 15 is 0 Å². The first-order valence-electron chi connectivity index (χ1n) is 11.0. The summed E-state index contributed by atoms with van der Waals surface area (Å²) < 4.78 is 25.4. The monoisotopic (exact) mass is 491 g/mol. The molecule has 0 radical (unpaired) electrons. The molecule has 8 heteroatoms. The number of carbonyl (C=O) groups is 3. The van der Waals surface area contributed by atoms with Gasteiger partial charge in [0.05, 0.1) is 24.1 Å². The first kappa shape index (κ1) is 24.2. The molecular weight excluding hydrogens is 469 g/mol. The first-order chi connectivity index (χ1) is 17.0. The number of ketones is 2. The van der Waals surface area contributed by atoms with Gasteiger partial charge in [-0.15, -0.1) is 11.3 Å². The zero-order valence-electron chi connectivity index (χ0n) is 19.0. The number of Topliss-reactive ketones (excluding diaryl/α,β-unsaturated/α-hetero) is 2. The second-order valence-corrected chi connectivity index (χ2v) is 8.57. The smallest absolute Gasteiger partial charge is 0.181 e. The Hall–Kier alpha value is -3.91. The van der Waals surface area contributed by atoms with Crippen LogP contribution in [-0.4, -0.2) is 36.6 Å². The van der Waals surface area contributed by atoms with Crippen molar-refractivity contribution in [3.63, 3.8) is 0 Å². The third-order valence-electron chi connectivity index (χ3n) is 5.42. The number of thiophene rings is 1. The number of halogens is 1. The van der Waals surface area contributed by atoms with Gasteiger partial charge in [-0.05, 0) is 36.4 Å². The lowest BCUT2D eigenvalue weighted by atomic mass is 10.0. The molecule has 35 heavy (non-hydrogen) atoms. The molecule has 6 nitrogen and oxygen atoms in total. The van der Waals surface area contributed by atoms with Crippen LogP contribution in [0.1, 0.15) is 40.1 Å². The van der Waals surface area contributed by atoms with E-state index < -0.39 is 0 Å². The Kier molecular flexibility index (Phi) is 7.62. The average Bonchev–Trinajstić information content (AvgIpc) is 3.33. The number of ether oxygens (including phenoxy) is 2. The minimum Gasteiger partial charge on any atom is -0.493 e. The largest absolute Gasteiger partial charge is 0.493 e. The molecule has 0 fully saturated rings. The second kappa shape index (κ2) is 11.0. The van der Waals surface area contributed by atoms with Gasteiger partial charge in [-0.2, -0.15) is 0 Å². The lowest BCUT2D eigenvalue weighted by Crippen LogP contribution is -2.08. The van der Waals surface area contributed by atoms with E-state index in [4.69, 9.17) is 9.47 Å². The summed E-state index contributed by atoms with van der Waals surface area (Å²) >= 11 is 1.29. The van der Waals surface area contributed by atoms with Crippen LogP contribution in [0.15, 0.2) is 60.0 Å². The first-order valence-corrected chi connectivity index (χ1v) is 11.8. The predicted octanol–water partition coefficient (Wildman–Crippen LogP) is 5.92. The van der Waals surface area contributed by atoms with Gasteiger partial charge in [0.1, 0.15) is 17.8 Å². The quantitative estimate of drug-likeness (QED) is 0.147. The van der Waals surface area contributed by atoms with E-state index in [1.165, 1.54) is 24.5 Å². The van der Waals surface area contributed by atoms with Gasteiger partial charge in [0, 0.05) is 41.2 Å². The van der Waals surface area contributed by atoms with E-state index in [-0.39, 0.29) is 48.9 Å². The Bertz CT molecular complexity index is 1400. The Balaban J connectivity index is 1.45. The molecule has 0 bridgehead atoms. The Morgan fingerprint density at radius 2 is 1.83 bits per heavy atom. The van der Waals surface area contributed by atoms with Crippen molar-refractivity contribution in [1.29, 1.82) is 0 Å². The van der Waals surface area contributed by atoms with E-state index in [0.29, 0.717) is 27.5 Å². The lowest BCUT2D eigenvalue weighted by Gasteiger charge is -2.11. The number of nitrogens with zero attached hydrogens (tertiary/aromatic N) is 1. The molecule has 0 atom stereocenters. The van der Waals surface area contributed by atoms with Gasteiger partial charge in [-0.3, -0.25) is 9.59 Å². The summed E-state index contributed by atoms with van der Waals surface area (Å²) in [6.45, 7) is 0.212. The molecule has 0 amide bonds. The van der Waals surface area contributed by atoms with Crippen molar-refractivity contribution in [3.05, 3.63) is 77.1 Å². The van der Waals surface area contributed by atoms with Crippen molar-refractivity contribution >= 4 is 39.3 Å². The average molecular weight is 492 g/mol. The van der Waals surface area contributed by atoms with Crippen LogP contribution in [0.5, 0.6) is 11.5 Å². The molecule has 2 heterocycles. The molecule has 0 aliphatic rings. The molecule has 0 aliphatic carbocycles. The minimum atomic E-state index is -0.290. The van der Waals surface area contributed by atoms with Crippen LogP contribution in [0.25, 0.3) is 21.3 Å². The van der Waals surface area contributed by atoms with E-state index in [9.17, 15) is 18.8 Å². The van der Waals surface area contributed by atoms with Crippen molar-refractivity contribution in [2.24, 2.45) is 0 Å². The minimum absolute atomic E-state index is 0.00575. The molecule has 178 valence electrons. The van der Waals surface area contributed by atoms with Crippen molar-refractivity contribution in [3.8, 4) is 22.8 Å². The maximum Gasteiger partial charge on any atom is 0.181 e. The van der Waals surface area contributed by atoms with Crippen LogP contribution < -0.4 is 9.47 Å². The van der Waals surface area contributed by atoms with Gasteiger partial charge in [-0.25, -0.2) is 9.37 Å². The molecule has 2 aromatic heterocycles. The summed E-state index contributed by atoms with van der Waals surface area (Å²) in [7, 11) is 1.46. The van der Waals surface area contributed by atoms with Gasteiger partial charge >= 0.3 is 0 Å². The summed E-state index contributed by atoms with van der Waals surface area (Å²) in [5.41, 5.74) is 1.99. The number of fused-ring (bicyclic) bond motifs is 1. The van der Waals surface area contributed by atoms with Crippen LogP contribution in [0.4, 0.5) is 4.39 Å². The summed E-state index contributed by atoms with van der Waals surface area (Å²) in [4.78, 5) is 40.4. The molecule has 0 aliphatic heterocycles. The Morgan fingerprint density at radius 1 is 1.03 bits per heavy atom. The van der Waals surface area contributed by atoms with Gasteiger partial charge in [0.15, 0.2) is 23.1 Å². The summed E-state index contributed by atoms with van der Waals surface area (Å²) in [6, 6.07) is 14.8. The van der Waals surface area contributed by atoms with E-state index in [2.05, 4.69) is 4.98 Å². The Labute approximate surface area is 205 Å². The third kappa shape index (κ3) is 5.44. The number of aldehydes is 1. The van der Waals surface area contributed by atoms with Gasteiger partial charge in [0.2, 0.25) is 0 Å². The predicted molar refractivity (Wildman–Crippen MR) is 132 cm³/mol. The summed E-state index contributed by atoms with van der Waals surface area (Å²) in [5.74, 6) is 0.0469. The normalized spacial score (nSPS) is 10.8. The molecule has 0 saturated heterocycles. The van der Waals surface area contributed by atoms with Gasteiger partial charge in [-0.1, -0.05) is 18.2 Å². The molecule has 0 saturated carbocycles. The molecule has 4 rings (SSSR count). The topological polar surface area (TPSA) is 82.6 Å². The van der Waals surface area contributed by atoms with Gasteiger partial charge in [0.25, 0.3) is 0 Å². The SMILES string of the molecule is COc1cc(C(=O)CCC(=O)c2cccc(-c3csc4c(F)cccc34)n2)ccc1OCCC=O. The molecule has 0 spiro atoms. The number of aromatic nitrogens is 1. The van der Waals surface area contributed by atoms with Gasteiger partial charge < -0.3 is 14.3 Å². The number of pyridine rings is 1. The summed E-state index contributed by atoms with van der Waals surface area (Å²) in [6.07, 6.45) is 1.01. The number of benzene rings is 2. The maximum atomic E-state index is 14.1. The highest BCUT2D eigenvalue weighted by Gasteiger charge is 2.16. The van der Waals surface area contributed by atoms with Crippen molar-refractivity contribution in [2.75, 3.05) is 13.7 Å². The molecule has 0 unspecified atom stereocenters. The van der Waals surface area contributed by atoms with E-state index in [0.717, 1.165) is 17.2 Å². The number of hydrogen-bond acceptors (Lipinski definition) is 7. The number of rotatable bonds is 11. The highest BCUT2D eigenvalue weighted by atomic mass is 32.1. The maximum absolute atomic E-state index is 14.1. The van der Waals surface area contributed by atoms with Crippen LogP contribution >= 0.6 is 11.3 Å². The molecule has 0 N–H and O–H groups in total. The molecule has 4 aromatic rings. The molecule has 2 aromatic carbocycles. The fourth-order valence-corrected chi connectivity index (χ4v) is 4.61.